The van der Waals surface area contributed by atoms with Crippen molar-refractivity contribution >= 4 is 22.4 Å². The minimum absolute atomic E-state index is 0.516. The number of fused-ring (bicyclic) bond motifs is 1. The zero-order chi connectivity index (χ0) is 16.2. The molecule has 0 radical (unpaired) electrons. The number of nitrogens with two attached hydrogens (primary N) is 2. The normalized spacial score (nSPS) is 19.8. The lowest BCUT2D eigenvalue weighted by molar-refractivity contribution is 0.450. The molecule has 3 rings (SSSR count). The highest BCUT2D eigenvalue weighted by atomic mass is 15.2. The molecule has 2 aromatic rings. The van der Waals surface area contributed by atoms with Gasteiger partial charge in [0.15, 0.2) is 0 Å². The van der Waals surface area contributed by atoms with Crippen LogP contribution in [0.5, 0.6) is 0 Å². The zero-order valence-corrected chi connectivity index (χ0v) is 13.4. The Bertz CT molecular complexity index is 730. The number of hydrogen-bond acceptors (Lipinski definition) is 5. The number of aromatic nitrogens is 2. The molecule has 23 heavy (non-hydrogen) atoms. The highest BCUT2D eigenvalue weighted by molar-refractivity contribution is 5.99. The maximum absolute atomic E-state index is 6.22. The summed E-state index contributed by atoms with van der Waals surface area (Å²) in [6.07, 6.45) is 11.2. The third kappa shape index (κ3) is 3.03. The number of likely N-dealkylation sites (N-methyl/N-ethyl adjacent to an activating group) is 1. The van der Waals surface area contributed by atoms with E-state index in [2.05, 4.69) is 26.3 Å². The molecule has 0 unspecified atom stereocenters. The molecule has 0 saturated carbocycles. The van der Waals surface area contributed by atoms with E-state index in [0.29, 0.717) is 11.7 Å². The molecule has 0 amide bonds. The molecule has 6 nitrogen and oxygen atoms in total. The smallest absolute Gasteiger partial charge is 0.140 e. The Kier molecular flexibility index (Phi) is 4.52. The third-order valence-corrected chi connectivity index (χ3v) is 4.42. The number of nitrogens with zero attached hydrogens (tertiary/aromatic N) is 2. The highest BCUT2D eigenvalue weighted by Gasteiger charge is 2.22. The molecular weight excluding hydrogens is 288 g/mol. The van der Waals surface area contributed by atoms with Gasteiger partial charge in [-0.1, -0.05) is 0 Å². The molecular formula is C17H24N6. The molecule has 6 N–H and O–H groups in total. The lowest BCUT2D eigenvalue weighted by Crippen LogP contribution is -2.44. The highest BCUT2D eigenvalue weighted by Crippen LogP contribution is 2.32. The van der Waals surface area contributed by atoms with E-state index in [4.69, 9.17) is 11.5 Å². The van der Waals surface area contributed by atoms with Gasteiger partial charge in [0.1, 0.15) is 5.65 Å². The first-order valence-electron chi connectivity index (χ1n) is 7.97. The summed E-state index contributed by atoms with van der Waals surface area (Å²) in [5.41, 5.74) is 15.3. The number of anilines is 1. The van der Waals surface area contributed by atoms with Crippen LogP contribution in [0, 0.1) is 0 Å². The van der Waals surface area contributed by atoms with Crippen molar-refractivity contribution in [2.24, 2.45) is 11.5 Å². The molecule has 6 heteroatoms. The van der Waals surface area contributed by atoms with E-state index in [-0.39, 0.29) is 0 Å². The van der Waals surface area contributed by atoms with Crippen LogP contribution in [-0.2, 0) is 0 Å². The topological polar surface area (TPSA) is 96.0 Å². The Morgan fingerprint density at radius 3 is 3.17 bits per heavy atom. The summed E-state index contributed by atoms with van der Waals surface area (Å²) in [7, 11) is 2.03. The van der Waals surface area contributed by atoms with Gasteiger partial charge in [-0.25, -0.2) is 4.98 Å². The van der Waals surface area contributed by atoms with Gasteiger partial charge in [-0.2, -0.15) is 0 Å². The molecule has 1 atom stereocenters. The fourth-order valence-corrected chi connectivity index (χ4v) is 3.21. The summed E-state index contributed by atoms with van der Waals surface area (Å²) in [4.78, 5) is 10.1. The van der Waals surface area contributed by atoms with Crippen LogP contribution in [-0.4, -0.2) is 36.1 Å². The molecule has 2 aromatic heterocycles. The van der Waals surface area contributed by atoms with E-state index in [9.17, 15) is 0 Å². The molecule has 0 aliphatic carbocycles. The average Bonchev–Trinajstić information content (AvgIpc) is 3.04. The quantitative estimate of drug-likeness (QED) is 0.642. The first-order chi connectivity index (χ1) is 11.2. The lowest BCUT2D eigenvalue weighted by atomic mass is 10.0. The number of allylic oxidation sites excluding steroid dienone is 2. The van der Waals surface area contributed by atoms with Gasteiger partial charge in [0, 0.05) is 42.8 Å². The monoisotopic (exact) mass is 312 g/mol. The van der Waals surface area contributed by atoms with Crippen molar-refractivity contribution in [2.45, 2.75) is 18.9 Å². The van der Waals surface area contributed by atoms with E-state index < -0.39 is 0 Å². The van der Waals surface area contributed by atoms with Gasteiger partial charge in [0.05, 0.1) is 11.1 Å². The Hall–Kier alpha value is -2.47. The standard InChI is InChI=1S/C17H24N6/c1-20-12-4-3-9-23(11-12)15-6-8-21-17-16(15)13(10-22-17)14(19)5-2-7-18/h2,5-8,10,12,20H,3-4,9,11,18-19H2,1H3,(H,21,22)/b7-2-,14-5-/t12-/m0/s1. The SMILES string of the molecule is CN[C@H]1CCCN(c2ccnc3[nH]cc(/C(N)=C/C=C\N)c23)C1. The van der Waals surface area contributed by atoms with Gasteiger partial charge in [-0.05, 0) is 44.3 Å². The van der Waals surface area contributed by atoms with E-state index in [0.717, 1.165) is 29.7 Å². The maximum Gasteiger partial charge on any atom is 0.140 e. The van der Waals surface area contributed by atoms with Gasteiger partial charge in [0.2, 0.25) is 0 Å². The first kappa shape index (κ1) is 15.4. The predicted octanol–water partition coefficient (Wildman–Crippen LogP) is 1.52. The van der Waals surface area contributed by atoms with Crippen molar-refractivity contribution in [3.8, 4) is 0 Å². The Morgan fingerprint density at radius 1 is 1.52 bits per heavy atom. The van der Waals surface area contributed by atoms with E-state index in [1.54, 1.807) is 6.08 Å². The summed E-state index contributed by atoms with van der Waals surface area (Å²) in [6.45, 7) is 2.04. The Labute approximate surface area is 136 Å². The fraction of sp³-hybridized carbons (Fsp3) is 0.353. The number of nitrogens with one attached hydrogen (secondary N) is 2. The van der Waals surface area contributed by atoms with Crippen LogP contribution < -0.4 is 21.7 Å². The number of H-pyrrole nitrogens is 1. The summed E-state index contributed by atoms with van der Waals surface area (Å²) in [5.74, 6) is 0. The predicted molar refractivity (Wildman–Crippen MR) is 95.9 cm³/mol. The molecule has 1 fully saturated rings. The number of pyridine rings is 1. The van der Waals surface area contributed by atoms with Crippen molar-refractivity contribution in [1.82, 2.24) is 15.3 Å². The van der Waals surface area contributed by atoms with Crippen molar-refractivity contribution in [2.75, 3.05) is 25.0 Å². The second-order valence-corrected chi connectivity index (χ2v) is 5.84. The number of rotatable bonds is 4. The molecule has 1 aliphatic heterocycles. The molecule has 1 saturated heterocycles. The van der Waals surface area contributed by atoms with Gasteiger partial charge in [0.25, 0.3) is 0 Å². The van der Waals surface area contributed by atoms with Gasteiger partial charge in [-0.3, -0.25) is 0 Å². The van der Waals surface area contributed by atoms with Crippen molar-refractivity contribution in [3.05, 3.63) is 42.4 Å². The van der Waals surface area contributed by atoms with E-state index >= 15 is 0 Å². The zero-order valence-electron chi connectivity index (χ0n) is 13.4. The number of aromatic amines is 1. The van der Waals surface area contributed by atoms with E-state index in [1.165, 1.54) is 24.7 Å². The first-order valence-corrected chi connectivity index (χ1v) is 7.97. The maximum atomic E-state index is 6.22. The molecule has 0 bridgehead atoms. The summed E-state index contributed by atoms with van der Waals surface area (Å²) < 4.78 is 0. The largest absolute Gasteiger partial charge is 0.405 e. The van der Waals surface area contributed by atoms with Crippen LogP contribution in [0.3, 0.4) is 0 Å². The average molecular weight is 312 g/mol. The van der Waals surface area contributed by atoms with Crippen LogP contribution in [0.1, 0.15) is 18.4 Å². The molecule has 0 spiro atoms. The minimum atomic E-state index is 0.516. The summed E-state index contributed by atoms with van der Waals surface area (Å²) in [5, 5.41) is 4.46. The van der Waals surface area contributed by atoms with Gasteiger partial charge in [-0.15, -0.1) is 0 Å². The number of piperidine rings is 1. The summed E-state index contributed by atoms with van der Waals surface area (Å²) in [6, 6.07) is 2.59. The third-order valence-electron chi connectivity index (χ3n) is 4.42. The lowest BCUT2D eigenvalue weighted by Gasteiger charge is -2.34. The van der Waals surface area contributed by atoms with Crippen molar-refractivity contribution < 1.29 is 0 Å². The number of hydrogen-bond donors (Lipinski definition) is 4. The van der Waals surface area contributed by atoms with Crippen LogP contribution in [0.15, 0.2) is 36.8 Å². The summed E-state index contributed by atoms with van der Waals surface area (Å²) >= 11 is 0. The van der Waals surface area contributed by atoms with Crippen molar-refractivity contribution in [3.63, 3.8) is 0 Å². The second kappa shape index (κ2) is 6.75. The Balaban J connectivity index is 2.05. The van der Waals surface area contributed by atoms with Crippen LogP contribution in [0.25, 0.3) is 16.7 Å². The van der Waals surface area contributed by atoms with Crippen LogP contribution in [0.2, 0.25) is 0 Å². The van der Waals surface area contributed by atoms with Gasteiger partial charge >= 0.3 is 0 Å². The van der Waals surface area contributed by atoms with E-state index in [1.807, 2.05) is 25.5 Å². The van der Waals surface area contributed by atoms with Crippen molar-refractivity contribution in [1.29, 1.82) is 0 Å². The van der Waals surface area contributed by atoms with Crippen LogP contribution in [0.4, 0.5) is 5.69 Å². The molecule has 122 valence electrons. The molecule has 0 aromatic carbocycles. The Morgan fingerprint density at radius 2 is 2.39 bits per heavy atom. The molecule has 1 aliphatic rings. The fourth-order valence-electron chi connectivity index (χ4n) is 3.21. The second-order valence-electron chi connectivity index (χ2n) is 5.84. The molecule has 3 heterocycles. The van der Waals surface area contributed by atoms with Gasteiger partial charge < -0.3 is 26.7 Å². The van der Waals surface area contributed by atoms with Crippen LogP contribution >= 0.6 is 0 Å². The minimum Gasteiger partial charge on any atom is -0.405 e.